The van der Waals surface area contributed by atoms with Crippen molar-refractivity contribution in [2.45, 2.75) is 50.9 Å². The number of benzene rings is 1. The van der Waals surface area contributed by atoms with E-state index in [9.17, 15) is 14.4 Å². The minimum Gasteiger partial charge on any atom is -0.445 e. The van der Waals surface area contributed by atoms with Gasteiger partial charge in [-0.2, -0.15) is 0 Å². The average molecular weight is 500 g/mol. The lowest BCUT2D eigenvalue weighted by atomic mass is 9.81. The molecular weight excluding hydrogens is 466 g/mol. The van der Waals surface area contributed by atoms with Gasteiger partial charge in [-0.3, -0.25) is 9.59 Å². The van der Waals surface area contributed by atoms with E-state index in [4.69, 9.17) is 4.74 Å². The third kappa shape index (κ3) is 6.37. The molecule has 0 radical (unpaired) electrons. The van der Waals surface area contributed by atoms with Crippen molar-refractivity contribution in [3.8, 4) is 0 Å². The van der Waals surface area contributed by atoms with Crippen molar-refractivity contribution in [1.29, 1.82) is 0 Å². The summed E-state index contributed by atoms with van der Waals surface area (Å²) in [5.74, 6) is -0.451. The van der Waals surface area contributed by atoms with Gasteiger partial charge in [0.2, 0.25) is 5.91 Å². The standard InChI is InChI=1S/C25H33N5O4S/c1-29(2)24(32)17-9-10-18(28-25(33)34-15-16-7-5-4-6-8-16)20(13-17)26-22(31)23-27-19-11-12-30(3)14-21(19)35-23/h4-8,17-18,20H,9-15H2,1-3H3,(H,26,31)(H,28,33)/t17-,18-,20+/m0/s1. The van der Waals surface area contributed by atoms with E-state index >= 15 is 0 Å². The van der Waals surface area contributed by atoms with Crippen LogP contribution >= 0.6 is 11.3 Å². The van der Waals surface area contributed by atoms with E-state index in [1.807, 2.05) is 30.3 Å². The molecule has 2 N–H and O–H groups in total. The third-order valence-electron chi connectivity index (χ3n) is 6.59. The normalized spacial score (nSPS) is 22.1. The maximum absolute atomic E-state index is 13.1. The summed E-state index contributed by atoms with van der Waals surface area (Å²) >= 11 is 1.42. The molecule has 3 atom stereocenters. The van der Waals surface area contributed by atoms with E-state index in [1.54, 1.807) is 19.0 Å². The number of rotatable bonds is 6. The number of nitrogens with one attached hydrogen (secondary N) is 2. The number of thiazole rings is 1. The van der Waals surface area contributed by atoms with Gasteiger partial charge in [-0.25, -0.2) is 9.78 Å². The summed E-state index contributed by atoms with van der Waals surface area (Å²) in [6.45, 7) is 1.88. The zero-order valence-electron chi connectivity index (χ0n) is 20.5. The van der Waals surface area contributed by atoms with E-state index in [2.05, 4.69) is 27.6 Å². The minimum absolute atomic E-state index is 0.0297. The number of likely N-dealkylation sites (N-methyl/N-ethyl adjacent to an activating group) is 1. The van der Waals surface area contributed by atoms with Crippen molar-refractivity contribution in [2.24, 2.45) is 5.92 Å². The fourth-order valence-electron chi connectivity index (χ4n) is 4.66. The van der Waals surface area contributed by atoms with Gasteiger partial charge in [0.05, 0.1) is 17.8 Å². The van der Waals surface area contributed by atoms with Crippen LogP contribution in [-0.2, 0) is 29.1 Å². The highest BCUT2D eigenvalue weighted by Gasteiger charge is 2.37. The van der Waals surface area contributed by atoms with Crippen molar-refractivity contribution in [2.75, 3.05) is 27.7 Å². The molecule has 1 fully saturated rings. The van der Waals surface area contributed by atoms with Crippen LogP contribution in [0.2, 0.25) is 0 Å². The molecule has 2 aromatic rings. The Hall–Kier alpha value is -2.98. The highest BCUT2D eigenvalue weighted by molar-refractivity contribution is 7.13. The van der Waals surface area contributed by atoms with Gasteiger partial charge in [-0.15, -0.1) is 11.3 Å². The number of hydrogen-bond donors (Lipinski definition) is 2. The van der Waals surface area contributed by atoms with Gasteiger partial charge in [0.15, 0.2) is 5.01 Å². The van der Waals surface area contributed by atoms with Gasteiger partial charge >= 0.3 is 6.09 Å². The second-order valence-corrected chi connectivity index (χ2v) is 10.6. The summed E-state index contributed by atoms with van der Waals surface area (Å²) < 4.78 is 5.39. The first kappa shape index (κ1) is 25.1. The number of ether oxygens (including phenoxy) is 1. The maximum atomic E-state index is 13.1. The minimum atomic E-state index is -0.539. The zero-order valence-corrected chi connectivity index (χ0v) is 21.3. The molecule has 2 heterocycles. The van der Waals surface area contributed by atoms with Gasteiger partial charge in [0, 0.05) is 44.4 Å². The molecule has 0 spiro atoms. The fraction of sp³-hybridized carbons (Fsp3) is 0.520. The van der Waals surface area contributed by atoms with Gasteiger partial charge in [-0.05, 0) is 31.9 Å². The molecule has 3 amide bonds. The molecule has 9 nitrogen and oxygen atoms in total. The molecule has 1 saturated carbocycles. The van der Waals surface area contributed by atoms with Crippen LogP contribution in [0, 0.1) is 5.92 Å². The first-order chi connectivity index (χ1) is 16.8. The number of amides is 3. The highest BCUT2D eigenvalue weighted by Crippen LogP contribution is 2.28. The van der Waals surface area contributed by atoms with E-state index in [0.717, 1.165) is 35.6 Å². The van der Waals surface area contributed by atoms with Gasteiger partial charge < -0.3 is 25.2 Å². The van der Waals surface area contributed by atoms with Gasteiger partial charge in [-0.1, -0.05) is 30.3 Å². The Morgan fingerprint density at radius 1 is 1.14 bits per heavy atom. The lowest BCUT2D eigenvalue weighted by molar-refractivity contribution is -0.134. The topological polar surface area (TPSA) is 104 Å². The van der Waals surface area contributed by atoms with Crippen molar-refractivity contribution in [1.82, 2.24) is 25.4 Å². The van der Waals surface area contributed by atoms with Crippen LogP contribution in [0.25, 0.3) is 0 Å². The first-order valence-corrected chi connectivity index (χ1v) is 12.8. The smallest absolute Gasteiger partial charge is 0.407 e. The molecule has 188 valence electrons. The second-order valence-electron chi connectivity index (χ2n) is 9.51. The van der Waals surface area contributed by atoms with Crippen LogP contribution in [-0.4, -0.2) is 72.5 Å². The molecular formula is C25H33N5O4S. The zero-order chi connectivity index (χ0) is 24.9. The highest BCUT2D eigenvalue weighted by atomic mass is 32.1. The van der Waals surface area contributed by atoms with Crippen LogP contribution in [0.3, 0.4) is 0 Å². The number of fused-ring (bicyclic) bond motifs is 1. The van der Waals surface area contributed by atoms with E-state index in [-0.39, 0.29) is 30.4 Å². The summed E-state index contributed by atoms with van der Waals surface area (Å²) in [5.41, 5.74) is 1.88. The fourth-order valence-corrected chi connectivity index (χ4v) is 5.75. The van der Waals surface area contributed by atoms with Crippen molar-refractivity contribution >= 4 is 29.2 Å². The molecule has 4 rings (SSSR count). The van der Waals surface area contributed by atoms with E-state index < -0.39 is 12.1 Å². The quantitative estimate of drug-likeness (QED) is 0.633. The SMILES string of the molecule is CN1CCc2nc(C(=O)N[C@@H]3C[C@@H](C(=O)N(C)C)CC[C@@H]3NC(=O)OCc3ccccc3)sc2C1. The Bertz CT molecular complexity index is 1060. The summed E-state index contributed by atoms with van der Waals surface area (Å²) in [5, 5.41) is 6.41. The van der Waals surface area contributed by atoms with Crippen LogP contribution in [0.1, 0.15) is 45.2 Å². The largest absolute Gasteiger partial charge is 0.445 e. The molecule has 0 unspecified atom stereocenters. The number of alkyl carbamates (subject to hydrolysis) is 1. The average Bonchev–Trinajstić information content (AvgIpc) is 3.27. The predicted molar refractivity (Wildman–Crippen MR) is 133 cm³/mol. The number of nitrogens with zero attached hydrogens (tertiary/aromatic N) is 3. The number of aromatic nitrogens is 1. The van der Waals surface area contributed by atoms with E-state index in [0.29, 0.717) is 24.3 Å². The molecule has 35 heavy (non-hydrogen) atoms. The lowest BCUT2D eigenvalue weighted by Crippen LogP contribution is -2.56. The predicted octanol–water partition coefficient (Wildman–Crippen LogP) is 2.41. The molecule has 10 heteroatoms. The molecule has 0 saturated heterocycles. The number of hydrogen-bond acceptors (Lipinski definition) is 7. The third-order valence-corrected chi connectivity index (χ3v) is 7.67. The molecule has 0 bridgehead atoms. The Balaban J connectivity index is 1.42. The van der Waals surface area contributed by atoms with Crippen LogP contribution in [0.4, 0.5) is 4.79 Å². The van der Waals surface area contributed by atoms with Crippen molar-refractivity contribution in [3.05, 3.63) is 51.5 Å². The first-order valence-electron chi connectivity index (χ1n) is 12.0. The van der Waals surface area contributed by atoms with Crippen LogP contribution < -0.4 is 10.6 Å². The van der Waals surface area contributed by atoms with E-state index in [1.165, 1.54) is 11.3 Å². The lowest BCUT2D eigenvalue weighted by Gasteiger charge is -2.36. The number of carbonyl (C=O) groups excluding carboxylic acids is 3. The summed E-state index contributed by atoms with van der Waals surface area (Å²) in [7, 11) is 5.52. The molecule has 2 aliphatic rings. The molecule has 1 aliphatic carbocycles. The molecule has 1 aliphatic heterocycles. The second kappa shape index (κ2) is 11.2. The van der Waals surface area contributed by atoms with Gasteiger partial charge in [0.1, 0.15) is 6.61 Å². The molecule has 1 aromatic carbocycles. The van der Waals surface area contributed by atoms with Crippen LogP contribution in [0.15, 0.2) is 30.3 Å². The monoisotopic (exact) mass is 499 g/mol. The molecule has 1 aromatic heterocycles. The Labute approximate surface area is 209 Å². The summed E-state index contributed by atoms with van der Waals surface area (Å²) in [6.07, 6.45) is 1.93. The van der Waals surface area contributed by atoms with Gasteiger partial charge in [0.25, 0.3) is 5.91 Å². The Morgan fingerprint density at radius 2 is 1.91 bits per heavy atom. The van der Waals surface area contributed by atoms with Crippen LogP contribution in [0.5, 0.6) is 0 Å². The van der Waals surface area contributed by atoms with Crippen molar-refractivity contribution in [3.63, 3.8) is 0 Å². The summed E-state index contributed by atoms with van der Waals surface area (Å²) in [6, 6.07) is 8.72. The van der Waals surface area contributed by atoms with Crippen molar-refractivity contribution < 1.29 is 19.1 Å². The maximum Gasteiger partial charge on any atom is 0.407 e. The Morgan fingerprint density at radius 3 is 2.66 bits per heavy atom. The number of carbonyl (C=O) groups is 3. The summed E-state index contributed by atoms with van der Waals surface area (Å²) in [4.78, 5) is 47.8. The Kier molecular flexibility index (Phi) is 8.02.